The molecule has 3 aromatic carbocycles. The molecule has 3 rings (SSSR count). The van der Waals surface area contributed by atoms with Gasteiger partial charge in [-0.25, -0.2) is 0 Å². The first kappa shape index (κ1) is 26.8. The second-order valence-electron chi connectivity index (χ2n) is 8.79. The third-order valence-electron chi connectivity index (χ3n) is 6.02. The lowest BCUT2D eigenvalue weighted by Crippen LogP contribution is -2.18. The van der Waals surface area contributed by atoms with Crippen LogP contribution in [0.25, 0.3) is 0 Å². The predicted octanol–water partition coefficient (Wildman–Crippen LogP) is 6.90. The van der Waals surface area contributed by atoms with Crippen LogP contribution in [-0.4, -0.2) is 18.2 Å². The summed E-state index contributed by atoms with van der Waals surface area (Å²) in [5, 5.41) is 1.46. The molecule has 0 saturated heterocycles. The second kappa shape index (κ2) is 14.6. The lowest BCUT2D eigenvalue weighted by atomic mass is 10.0. The van der Waals surface area contributed by atoms with E-state index in [0.29, 0.717) is 18.6 Å². The molecule has 0 atom stereocenters. The number of unbranched alkanes of at least 4 members (excludes halogenated alkanes) is 6. The maximum absolute atomic E-state index is 13.8. The molecule has 0 aliphatic rings. The summed E-state index contributed by atoms with van der Waals surface area (Å²) in [6.07, 6.45) is 7.46. The lowest BCUT2D eigenvalue weighted by Gasteiger charge is -2.19. The molecule has 5 heteroatoms. The highest BCUT2D eigenvalue weighted by Crippen LogP contribution is 2.44. The molecule has 0 bridgehead atoms. The Morgan fingerprint density at radius 3 is 1.60 bits per heavy atom. The van der Waals surface area contributed by atoms with Crippen LogP contribution in [0.3, 0.4) is 0 Å². The summed E-state index contributed by atoms with van der Waals surface area (Å²) in [7, 11) is -3.09. The van der Waals surface area contributed by atoms with Crippen molar-refractivity contribution in [2.75, 3.05) is 6.61 Å². The fraction of sp³-hybridized carbons (Fsp3) is 0.333. The largest absolute Gasteiger partial charge is 0.322 e. The SMILES string of the molecule is O=C(CCCCCCCCCOP(=O)(c1ccccc1)c1ccccc1)CC(=O)c1ccccc1. The van der Waals surface area contributed by atoms with E-state index in [0.717, 1.165) is 55.6 Å². The van der Waals surface area contributed by atoms with Crippen LogP contribution in [-0.2, 0) is 13.9 Å². The molecular weight excluding hydrogens is 455 g/mol. The normalized spacial score (nSPS) is 11.3. The molecule has 0 amide bonds. The Bertz CT molecular complexity index is 1040. The molecule has 0 saturated carbocycles. The summed E-state index contributed by atoms with van der Waals surface area (Å²) in [5.74, 6) is -0.0702. The standard InChI is InChI=1S/C30H35O4P/c31-27(25-30(32)26-17-9-6-10-18-26)19-11-4-2-1-3-5-16-24-34-35(33,28-20-12-7-13-21-28)29-22-14-8-15-23-29/h6-10,12-15,17-18,20-23H,1-5,11,16,19,24-25H2. The van der Waals surface area contributed by atoms with Crippen molar-refractivity contribution in [2.24, 2.45) is 0 Å². The van der Waals surface area contributed by atoms with Crippen molar-refractivity contribution in [2.45, 2.75) is 57.8 Å². The number of Topliss-reactive ketones (excluding diaryl/α,β-unsaturated/α-hetero) is 2. The van der Waals surface area contributed by atoms with Crippen LogP contribution in [0.4, 0.5) is 0 Å². The Hall–Kier alpha value is -2.81. The van der Waals surface area contributed by atoms with Gasteiger partial charge >= 0.3 is 0 Å². The number of rotatable bonds is 16. The summed E-state index contributed by atoms with van der Waals surface area (Å²) in [5.41, 5.74) is 0.605. The number of carbonyl (C=O) groups excluding carboxylic acids is 2. The van der Waals surface area contributed by atoms with Gasteiger partial charge in [0.15, 0.2) is 5.78 Å². The van der Waals surface area contributed by atoms with E-state index >= 15 is 0 Å². The molecule has 0 spiro atoms. The first-order chi connectivity index (χ1) is 17.1. The van der Waals surface area contributed by atoms with Gasteiger partial charge in [-0.3, -0.25) is 14.2 Å². The molecule has 4 nitrogen and oxygen atoms in total. The maximum atomic E-state index is 13.8. The van der Waals surface area contributed by atoms with Crippen LogP contribution in [0.15, 0.2) is 91.0 Å². The minimum absolute atomic E-state index is 0.000166. The molecule has 0 N–H and O–H groups in total. The van der Waals surface area contributed by atoms with Gasteiger partial charge < -0.3 is 4.52 Å². The van der Waals surface area contributed by atoms with Crippen molar-refractivity contribution in [1.82, 2.24) is 0 Å². The summed E-state index contributed by atoms with van der Waals surface area (Å²) < 4.78 is 19.8. The van der Waals surface area contributed by atoms with Crippen LogP contribution >= 0.6 is 7.37 Å². The molecule has 0 aliphatic heterocycles. The molecule has 0 radical (unpaired) electrons. The third kappa shape index (κ3) is 8.72. The molecule has 3 aromatic rings. The van der Waals surface area contributed by atoms with E-state index < -0.39 is 7.37 Å². The Labute approximate surface area is 209 Å². The van der Waals surface area contributed by atoms with E-state index in [1.807, 2.05) is 78.9 Å². The fourth-order valence-corrected chi connectivity index (χ4v) is 6.15. The minimum atomic E-state index is -3.09. The average Bonchev–Trinajstić information content (AvgIpc) is 2.91. The molecule has 0 aromatic heterocycles. The second-order valence-corrected chi connectivity index (χ2v) is 11.2. The number of hydrogen-bond donors (Lipinski definition) is 0. The lowest BCUT2D eigenvalue weighted by molar-refractivity contribution is -0.118. The van der Waals surface area contributed by atoms with Crippen LogP contribution in [0.1, 0.15) is 68.1 Å². The zero-order valence-corrected chi connectivity index (χ0v) is 21.2. The molecule has 0 unspecified atom stereocenters. The van der Waals surface area contributed by atoms with Gasteiger partial charge in [-0.05, 0) is 37.1 Å². The topological polar surface area (TPSA) is 60.4 Å². The fourth-order valence-electron chi connectivity index (χ4n) is 4.04. The van der Waals surface area contributed by atoms with Gasteiger partial charge in [0, 0.05) is 22.6 Å². The highest BCUT2D eigenvalue weighted by atomic mass is 31.2. The summed E-state index contributed by atoms with van der Waals surface area (Å²) in [6.45, 7) is 0.463. The average molecular weight is 491 g/mol. The van der Waals surface area contributed by atoms with Crippen LogP contribution in [0.5, 0.6) is 0 Å². The Kier molecular flexibility index (Phi) is 11.1. The zero-order valence-electron chi connectivity index (χ0n) is 20.3. The van der Waals surface area contributed by atoms with Crippen molar-refractivity contribution >= 4 is 29.5 Å². The van der Waals surface area contributed by atoms with Gasteiger partial charge in [0.25, 0.3) is 7.37 Å². The first-order valence-corrected chi connectivity index (χ1v) is 14.2. The monoisotopic (exact) mass is 490 g/mol. The third-order valence-corrected chi connectivity index (χ3v) is 8.52. The minimum Gasteiger partial charge on any atom is -0.322 e. The van der Waals surface area contributed by atoms with Gasteiger partial charge in [-0.15, -0.1) is 0 Å². The van der Waals surface area contributed by atoms with Gasteiger partial charge in [0.2, 0.25) is 0 Å². The smallest absolute Gasteiger partial charge is 0.261 e. The summed E-state index contributed by atoms with van der Waals surface area (Å²) in [6, 6.07) is 27.9. The van der Waals surface area contributed by atoms with E-state index in [-0.39, 0.29) is 18.0 Å². The molecule has 0 aliphatic carbocycles. The highest BCUT2D eigenvalue weighted by Gasteiger charge is 2.28. The Morgan fingerprint density at radius 1 is 0.600 bits per heavy atom. The number of carbonyl (C=O) groups is 2. The van der Waals surface area contributed by atoms with E-state index in [1.54, 1.807) is 12.1 Å². The number of ketones is 2. The van der Waals surface area contributed by atoms with Crippen molar-refractivity contribution in [3.63, 3.8) is 0 Å². The van der Waals surface area contributed by atoms with Crippen LogP contribution in [0.2, 0.25) is 0 Å². The van der Waals surface area contributed by atoms with Gasteiger partial charge in [0.1, 0.15) is 5.78 Å². The molecular formula is C30H35O4P. The Balaban J connectivity index is 1.28. The summed E-state index contributed by atoms with van der Waals surface area (Å²) >= 11 is 0. The van der Waals surface area contributed by atoms with Crippen LogP contribution in [0, 0.1) is 0 Å². The van der Waals surface area contributed by atoms with E-state index in [9.17, 15) is 14.2 Å². The number of benzene rings is 3. The van der Waals surface area contributed by atoms with E-state index in [2.05, 4.69) is 0 Å². The highest BCUT2D eigenvalue weighted by molar-refractivity contribution is 7.74. The van der Waals surface area contributed by atoms with E-state index in [4.69, 9.17) is 4.52 Å². The van der Waals surface area contributed by atoms with Gasteiger partial charge in [-0.2, -0.15) is 0 Å². The predicted molar refractivity (Wildman–Crippen MR) is 143 cm³/mol. The molecule has 0 fully saturated rings. The molecule has 184 valence electrons. The van der Waals surface area contributed by atoms with Crippen molar-refractivity contribution < 1.29 is 18.7 Å². The van der Waals surface area contributed by atoms with Gasteiger partial charge in [-0.1, -0.05) is 98.8 Å². The quantitative estimate of drug-likeness (QED) is 0.0949. The zero-order chi connectivity index (χ0) is 24.8. The summed E-state index contributed by atoms with van der Waals surface area (Å²) in [4.78, 5) is 24.2. The van der Waals surface area contributed by atoms with Gasteiger partial charge in [0.05, 0.1) is 13.0 Å². The number of hydrogen-bond acceptors (Lipinski definition) is 4. The molecule has 35 heavy (non-hydrogen) atoms. The van der Waals surface area contributed by atoms with E-state index in [1.165, 1.54) is 0 Å². The van der Waals surface area contributed by atoms with Crippen molar-refractivity contribution in [3.05, 3.63) is 96.6 Å². The first-order valence-electron chi connectivity index (χ1n) is 12.6. The molecule has 0 heterocycles. The van der Waals surface area contributed by atoms with Crippen molar-refractivity contribution in [3.8, 4) is 0 Å². The van der Waals surface area contributed by atoms with Crippen LogP contribution < -0.4 is 10.6 Å². The maximum Gasteiger partial charge on any atom is 0.261 e. The van der Waals surface area contributed by atoms with Crippen molar-refractivity contribution in [1.29, 1.82) is 0 Å². The Morgan fingerprint density at radius 2 is 1.06 bits per heavy atom.